The molecule has 0 radical (unpaired) electrons. The van der Waals surface area contributed by atoms with E-state index in [2.05, 4.69) is 27.5 Å². The maximum atomic E-state index is 13.4. The number of aromatic amines is 1. The van der Waals surface area contributed by atoms with Crippen LogP contribution in [0.1, 0.15) is 25.3 Å². The zero-order valence-corrected chi connectivity index (χ0v) is 14.9. The topological polar surface area (TPSA) is 52.2 Å². The molecule has 24 heavy (non-hydrogen) atoms. The number of fused-ring (bicyclic) bond motifs is 1. The van der Waals surface area contributed by atoms with Crippen molar-refractivity contribution in [3.05, 3.63) is 35.8 Å². The van der Waals surface area contributed by atoms with Gasteiger partial charge in [0, 0.05) is 42.0 Å². The molecule has 1 atom stereocenters. The van der Waals surface area contributed by atoms with Crippen LogP contribution in [0.4, 0.5) is 4.39 Å². The summed E-state index contributed by atoms with van der Waals surface area (Å²) in [4.78, 5) is 7.88. The van der Waals surface area contributed by atoms with E-state index in [9.17, 15) is 4.39 Å². The molecule has 1 aliphatic heterocycles. The average molecular weight is 348 g/mol. The summed E-state index contributed by atoms with van der Waals surface area (Å²) in [6.45, 7) is 3.61. The smallest absolute Gasteiger partial charge is 0.191 e. The normalized spacial score (nSPS) is 18.8. The Hall–Kier alpha value is -1.69. The fourth-order valence-corrected chi connectivity index (χ4v) is 4.09. The number of guanidine groups is 1. The van der Waals surface area contributed by atoms with Gasteiger partial charge in [-0.05, 0) is 55.7 Å². The first kappa shape index (κ1) is 17.1. The second kappa shape index (κ2) is 8.42. The van der Waals surface area contributed by atoms with E-state index in [-0.39, 0.29) is 5.82 Å². The molecule has 6 heteroatoms. The highest BCUT2D eigenvalue weighted by Gasteiger charge is 2.14. The number of rotatable bonds is 5. The molecule has 4 nitrogen and oxygen atoms in total. The van der Waals surface area contributed by atoms with E-state index >= 15 is 0 Å². The van der Waals surface area contributed by atoms with Gasteiger partial charge in [-0.1, -0.05) is 0 Å². The first-order chi connectivity index (χ1) is 11.8. The van der Waals surface area contributed by atoms with Gasteiger partial charge in [0.15, 0.2) is 5.96 Å². The van der Waals surface area contributed by atoms with E-state index in [0.29, 0.717) is 12.6 Å². The highest BCUT2D eigenvalue weighted by Crippen LogP contribution is 2.20. The predicted molar refractivity (Wildman–Crippen MR) is 101 cm³/mol. The number of halogens is 1. The van der Waals surface area contributed by atoms with Gasteiger partial charge in [-0.3, -0.25) is 4.99 Å². The van der Waals surface area contributed by atoms with Gasteiger partial charge in [0.05, 0.1) is 0 Å². The van der Waals surface area contributed by atoms with E-state index in [4.69, 9.17) is 0 Å². The van der Waals surface area contributed by atoms with Crippen LogP contribution in [0.25, 0.3) is 10.9 Å². The largest absolute Gasteiger partial charge is 0.361 e. The molecule has 1 fully saturated rings. The van der Waals surface area contributed by atoms with Crippen LogP contribution >= 0.6 is 11.8 Å². The molecule has 0 amide bonds. The van der Waals surface area contributed by atoms with Crippen LogP contribution in [0.3, 0.4) is 0 Å². The van der Waals surface area contributed by atoms with Crippen molar-refractivity contribution >= 4 is 28.6 Å². The van der Waals surface area contributed by atoms with Crippen molar-refractivity contribution in [2.45, 2.75) is 32.2 Å². The zero-order chi connectivity index (χ0) is 16.8. The summed E-state index contributed by atoms with van der Waals surface area (Å²) in [6, 6.07) is 5.36. The Balaban J connectivity index is 1.61. The van der Waals surface area contributed by atoms with E-state index < -0.39 is 0 Å². The molecule has 1 aliphatic rings. The van der Waals surface area contributed by atoms with E-state index in [0.717, 1.165) is 41.1 Å². The van der Waals surface area contributed by atoms with Gasteiger partial charge in [-0.25, -0.2) is 4.39 Å². The first-order valence-corrected chi connectivity index (χ1v) is 9.80. The first-order valence-electron chi connectivity index (χ1n) is 8.64. The molecule has 1 saturated heterocycles. The SMILES string of the molecule is CCNC(=NCCc1c[nH]c2ccc(F)cc12)NC1CCCSC1. The number of aromatic nitrogens is 1. The van der Waals surface area contributed by atoms with Crippen LogP contribution in [0.5, 0.6) is 0 Å². The van der Waals surface area contributed by atoms with Crippen LogP contribution in [0, 0.1) is 5.82 Å². The lowest BCUT2D eigenvalue weighted by Crippen LogP contribution is -2.45. The number of thioether (sulfide) groups is 1. The Kier molecular flexibility index (Phi) is 6.01. The second-order valence-corrected chi connectivity index (χ2v) is 7.22. The highest BCUT2D eigenvalue weighted by atomic mass is 32.2. The molecule has 0 bridgehead atoms. The lowest BCUT2D eigenvalue weighted by atomic mass is 10.1. The van der Waals surface area contributed by atoms with Crippen molar-refractivity contribution < 1.29 is 4.39 Å². The molecular formula is C18H25FN4S. The van der Waals surface area contributed by atoms with Crippen LogP contribution in [-0.4, -0.2) is 41.6 Å². The molecule has 1 unspecified atom stereocenters. The van der Waals surface area contributed by atoms with Crippen LogP contribution in [0.15, 0.2) is 29.4 Å². The average Bonchev–Trinajstić information content (AvgIpc) is 2.98. The minimum atomic E-state index is -0.198. The predicted octanol–water partition coefficient (Wildman–Crippen LogP) is 3.30. The van der Waals surface area contributed by atoms with Gasteiger partial charge in [0.2, 0.25) is 0 Å². The Morgan fingerprint density at radius 3 is 3.17 bits per heavy atom. The fraction of sp³-hybridized carbons (Fsp3) is 0.500. The standard InChI is InChI=1S/C18H25FN4S/c1-2-20-18(23-15-4-3-9-24-12-15)21-8-7-13-11-22-17-6-5-14(19)10-16(13)17/h5-6,10-11,15,22H,2-4,7-9,12H2,1H3,(H2,20,21,23). The zero-order valence-electron chi connectivity index (χ0n) is 14.1. The summed E-state index contributed by atoms with van der Waals surface area (Å²) >= 11 is 2.00. The quantitative estimate of drug-likeness (QED) is 0.574. The third-order valence-electron chi connectivity index (χ3n) is 4.23. The molecule has 2 heterocycles. The molecule has 0 saturated carbocycles. The number of hydrogen-bond donors (Lipinski definition) is 3. The Labute approximate surface area is 146 Å². The highest BCUT2D eigenvalue weighted by molar-refractivity contribution is 7.99. The van der Waals surface area contributed by atoms with E-state index in [1.807, 2.05) is 18.0 Å². The van der Waals surface area contributed by atoms with E-state index in [1.54, 1.807) is 12.1 Å². The van der Waals surface area contributed by atoms with Crippen molar-refractivity contribution in [1.29, 1.82) is 0 Å². The third-order valence-corrected chi connectivity index (χ3v) is 5.44. The van der Waals surface area contributed by atoms with Crippen LogP contribution in [-0.2, 0) is 6.42 Å². The number of H-pyrrole nitrogens is 1. The Morgan fingerprint density at radius 1 is 1.46 bits per heavy atom. The molecule has 2 aromatic rings. The minimum absolute atomic E-state index is 0.198. The Bertz CT molecular complexity index is 691. The second-order valence-electron chi connectivity index (χ2n) is 6.07. The van der Waals surface area contributed by atoms with Gasteiger partial charge in [0.25, 0.3) is 0 Å². The summed E-state index contributed by atoms with van der Waals surface area (Å²) in [6.07, 6.45) is 5.22. The summed E-state index contributed by atoms with van der Waals surface area (Å²) in [5, 5.41) is 7.80. The molecule has 1 aromatic carbocycles. The summed E-state index contributed by atoms with van der Waals surface area (Å²) in [5.41, 5.74) is 2.08. The third kappa shape index (κ3) is 4.44. The number of aliphatic imine (C=N–C) groups is 1. The number of nitrogens with zero attached hydrogens (tertiary/aromatic N) is 1. The molecule has 3 N–H and O–H groups in total. The molecule has 1 aromatic heterocycles. The van der Waals surface area contributed by atoms with Crippen molar-refractivity contribution in [2.75, 3.05) is 24.6 Å². The molecule has 3 rings (SSSR count). The van der Waals surface area contributed by atoms with Crippen LogP contribution < -0.4 is 10.6 Å². The van der Waals surface area contributed by atoms with Crippen molar-refractivity contribution in [1.82, 2.24) is 15.6 Å². The molecule has 130 valence electrons. The van der Waals surface area contributed by atoms with Crippen molar-refractivity contribution in [2.24, 2.45) is 4.99 Å². The summed E-state index contributed by atoms with van der Waals surface area (Å²) in [7, 11) is 0. The van der Waals surface area contributed by atoms with Gasteiger partial charge < -0.3 is 15.6 Å². The lowest BCUT2D eigenvalue weighted by Gasteiger charge is -2.24. The van der Waals surface area contributed by atoms with Crippen molar-refractivity contribution in [3.63, 3.8) is 0 Å². The maximum Gasteiger partial charge on any atom is 0.191 e. The van der Waals surface area contributed by atoms with Gasteiger partial charge in [0.1, 0.15) is 5.82 Å². The lowest BCUT2D eigenvalue weighted by molar-refractivity contribution is 0.582. The molecule has 0 aliphatic carbocycles. The van der Waals surface area contributed by atoms with Crippen LogP contribution in [0.2, 0.25) is 0 Å². The number of nitrogens with one attached hydrogen (secondary N) is 3. The summed E-state index contributed by atoms with van der Waals surface area (Å²) in [5.74, 6) is 3.10. The fourth-order valence-electron chi connectivity index (χ4n) is 3.01. The van der Waals surface area contributed by atoms with Gasteiger partial charge in [-0.15, -0.1) is 0 Å². The van der Waals surface area contributed by atoms with Crippen molar-refractivity contribution in [3.8, 4) is 0 Å². The number of hydrogen-bond acceptors (Lipinski definition) is 2. The molecule has 0 spiro atoms. The number of benzene rings is 1. The van der Waals surface area contributed by atoms with Gasteiger partial charge in [-0.2, -0.15) is 11.8 Å². The van der Waals surface area contributed by atoms with Gasteiger partial charge >= 0.3 is 0 Å². The monoisotopic (exact) mass is 348 g/mol. The minimum Gasteiger partial charge on any atom is -0.361 e. The van der Waals surface area contributed by atoms with E-state index in [1.165, 1.54) is 24.7 Å². The maximum absolute atomic E-state index is 13.4. The molecular weight excluding hydrogens is 323 g/mol. The Morgan fingerprint density at radius 2 is 2.38 bits per heavy atom. The summed E-state index contributed by atoms with van der Waals surface area (Å²) < 4.78 is 13.4.